The minimum Gasteiger partial charge on any atom is -0.497 e. The molecule has 2 N–H and O–H groups in total. The van der Waals surface area contributed by atoms with Gasteiger partial charge in [-0.2, -0.15) is 5.10 Å². The number of benzene rings is 3. The summed E-state index contributed by atoms with van der Waals surface area (Å²) < 4.78 is 43.4. The lowest BCUT2D eigenvalue weighted by atomic mass is 10.2. The number of carbonyl (C=O) groups is 1. The summed E-state index contributed by atoms with van der Waals surface area (Å²) in [5.41, 5.74) is 3.71. The third-order valence-electron chi connectivity index (χ3n) is 4.65. The fourth-order valence-corrected chi connectivity index (χ4v) is 3.99. The van der Waals surface area contributed by atoms with Crippen LogP contribution in [0.5, 0.6) is 17.2 Å². The van der Waals surface area contributed by atoms with Crippen LogP contribution < -0.4 is 24.4 Å². The number of ether oxygens (including phenoxy) is 3. The molecule has 0 radical (unpaired) electrons. The SMILES string of the molecule is CCOc1ccc(S(=O)(=O)Nc2ccc(C(=O)N/N=C/c3ccc(OC)cc3OC)cc2)cc1. The Morgan fingerprint density at radius 2 is 1.62 bits per heavy atom. The molecule has 0 saturated carbocycles. The number of amides is 1. The molecule has 0 aliphatic carbocycles. The van der Waals surface area contributed by atoms with Crippen LogP contribution in [0.2, 0.25) is 0 Å². The standard InChI is InChI=1S/C24H25N3O6S/c1-4-33-20-11-13-22(14-12-20)34(29,30)27-19-8-5-17(6-9-19)24(28)26-25-16-18-7-10-21(31-2)15-23(18)32-3/h5-16,27H,4H2,1-3H3,(H,26,28)/b25-16+. The van der Waals surface area contributed by atoms with Crippen molar-refractivity contribution < 1.29 is 27.4 Å². The predicted molar refractivity (Wildman–Crippen MR) is 129 cm³/mol. The van der Waals surface area contributed by atoms with E-state index >= 15 is 0 Å². The first kappa shape index (κ1) is 24.6. The van der Waals surface area contributed by atoms with Crippen molar-refractivity contribution in [2.75, 3.05) is 25.5 Å². The van der Waals surface area contributed by atoms with Crippen LogP contribution in [0.1, 0.15) is 22.8 Å². The monoisotopic (exact) mass is 483 g/mol. The molecule has 0 saturated heterocycles. The molecule has 0 aliphatic rings. The minimum atomic E-state index is -3.79. The van der Waals surface area contributed by atoms with Gasteiger partial charge in [0.2, 0.25) is 0 Å². The van der Waals surface area contributed by atoms with Gasteiger partial charge in [0, 0.05) is 22.9 Å². The van der Waals surface area contributed by atoms with Crippen molar-refractivity contribution in [2.24, 2.45) is 5.10 Å². The normalized spacial score (nSPS) is 11.1. The fourth-order valence-electron chi connectivity index (χ4n) is 2.94. The predicted octanol–water partition coefficient (Wildman–Crippen LogP) is 3.67. The van der Waals surface area contributed by atoms with Crippen molar-refractivity contribution in [1.82, 2.24) is 5.43 Å². The van der Waals surface area contributed by atoms with Crippen molar-refractivity contribution in [2.45, 2.75) is 11.8 Å². The largest absolute Gasteiger partial charge is 0.497 e. The summed E-state index contributed by atoms with van der Waals surface area (Å²) in [6.45, 7) is 2.34. The van der Waals surface area contributed by atoms with E-state index in [0.717, 1.165) is 0 Å². The maximum Gasteiger partial charge on any atom is 0.271 e. The maximum absolute atomic E-state index is 12.6. The molecule has 0 bridgehead atoms. The first-order valence-corrected chi connectivity index (χ1v) is 11.8. The third-order valence-corrected chi connectivity index (χ3v) is 6.05. The number of anilines is 1. The molecule has 0 aromatic heterocycles. The van der Waals surface area contributed by atoms with Gasteiger partial charge in [0.25, 0.3) is 15.9 Å². The van der Waals surface area contributed by atoms with Crippen LogP contribution in [0.25, 0.3) is 0 Å². The fraction of sp³-hybridized carbons (Fsp3) is 0.167. The van der Waals surface area contributed by atoms with Gasteiger partial charge in [-0.15, -0.1) is 0 Å². The van der Waals surface area contributed by atoms with Crippen LogP contribution in [0, 0.1) is 0 Å². The van der Waals surface area contributed by atoms with E-state index in [2.05, 4.69) is 15.2 Å². The molecule has 9 nitrogen and oxygen atoms in total. The molecule has 10 heteroatoms. The first-order valence-electron chi connectivity index (χ1n) is 10.3. The molecule has 3 aromatic carbocycles. The minimum absolute atomic E-state index is 0.0982. The molecule has 0 aliphatic heterocycles. The molecular weight excluding hydrogens is 458 g/mol. The summed E-state index contributed by atoms with van der Waals surface area (Å²) in [5.74, 6) is 1.31. The Balaban J connectivity index is 1.62. The van der Waals surface area contributed by atoms with E-state index in [1.807, 2.05) is 6.92 Å². The zero-order chi connectivity index (χ0) is 24.6. The Bertz CT molecular complexity index is 1260. The first-order chi connectivity index (χ1) is 16.4. The molecule has 178 valence electrons. The molecule has 3 aromatic rings. The zero-order valence-electron chi connectivity index (χ0n) is 18.9. The van der Waals surface area contributed by atoms with E-state index in [-0.39, 0.29) is 4.90 Å². The number of nitrogens with zero attached hydrogens (tertiary/aromatic N) is 1. The molecule has 0 atom stereocenters. The number of hydrazone groups is 1. The van der Waals surface area contributed by atoms with Gasteiger partial charge in [0.15, 0.2) is 0 Å². The van der Waals surface area contributed by atoms with Gasteiger partial charge in [0.1, 0.15) is 17.2 Å². The molecule has 3 rings (SSSR count). The van der Waals surface area contributed by atoms with Crippen molar-refractivity contribution in [3.8, 4) is 17.2 Å². The molecular formula is C24H25N3O6S. The van der Waals surface area contributed by atoms with Crippen LogP contribution in [0.4, 0.5) is 5.69 Å². The second-order valence-corrected chi connectivity index (χ2v) is 8.58. The van der Waals surface area contributed by atoms with Gasteiger partial charge < -0.3 is 14.2 Å². The van der Waals surface area contributed by atoms with Crippen LogP contribution in [0.15, 0.2) is 76.7 Å². The number of hydrogen-bond donors (Lipinski definition) is 2. The summed E-state index contributed by atoms with van der Waals surface area (Å²) in [6.07, 6.45) is 1.45. The smallest absolute Gasteiger partial charge is 0.271 e. The number of rotatable bonds is 10. The summed E-state index contributed by atoms with van der Waals surface area (Å²) >= 11 is 0. The molecule has 34 heavy (non-hydrogen) atoms. The number of nitrogens with one attached hydrogen (secondary N) is 2. The van der Waals surface area contributed by atoms with E-state index in [4.69, 9.17) is 14.2 Å². The van der Waals surface area contributed by atoms with Gasteiger partial charge in [-0.3, -0.25) is 9.52 Å². The van der Waals surface area contributed by atoms with Gasteiger partial charge in [-0.05, 0) is 67.6 Å². The summed E-state index contributed by atoms with van der Waals surface area (Å²) in [7, 11) is -0.706. The highest BCUT2D eigenvalue weighted by Gasteiger charge is 2.15. The third kappa shape index (κ3) is 6.26. The molecule has 0 unspecified atom stereocenters. The van der Waals surface area contributed by atoms with E-state index in [9.17, 15) is 13.2 Å². The highest BCUT2D eigenvalue weighted by atomic mass is 32.2. The second-order valence-electron chi connectivity index (χ2n) is 6.89. The van der Waals surface area contributed by atoms with E-state index in [0.29, 0.717) is 40.7 Å². The van der Waals surface area contributed by atoms with Gasteiger partial charge in [-0.25, -0.2) is 13.8 Å². The van der Waals surface area contributed by atoms with Crippen LogP contribution in [-0.4, -0.2) is 41.4 Å². The Labute approximate surface area is 198 Å². The highest BCUT2D eigenvalue weighted by Crippen LogP contribution is 2.23. The van der Waals surface area contributed by atoms with Crippen LogP contribution in [0.3, 0.4) is 0 Å². The van der Waals surface area contributed by atoms with Crippen LogP contribution in [-0.2, 0) is 10.0 Å². The number of carbonyl (C=O) groups excluding carboxylic acids is 1. The quantitative estimate of drug-likeness (QED) is 0.336. The van der Waals surface area contributed by atoms with Crippen molar-refractivity contribution >= 4 is 27.8 Å². The molecule has 0 fully saturated rings. The van der Waals surface area contributed by atoms with Gasteiger partial charge in [-0.1, -0.05) is 0 Å². The van der Waals surface area contributed by atoms with Crippen molar-refractivity contribution in [1.29, 1.82) is 0 Å². The Hall–Kier alpha value is -4.05. The average molecular weight is 484 g/mol. The summed E-state index contributed by atoms with van der Waals surface area (Å²) in [6, 6.07) is 17.3. The van der Waals surface area contributed by atoms with Gasteiger partial charge in [0.05, 0.1) is 31.9 Å². The number of methoxy groups -OCH3 is 2. The van der Waals surface area contributed by atoms with Crippen molar-refractivity contribution in [3.63, 3.8) is 0 Å². The molecule has 0 heterocycles. The lowest BCUT2D eigenvalue weighted by Gasteiger charge is -2.10. The average Bonchev–Trinajstić information content (AvgIpc) is 2.85. The van der Waals surface area contributed by atoms with E-state index < -0.39 is 15.9 Å². The summed E-state index contributed by atoms with van der Waals surface area (Å²) in [4.78, 5) is 12.5. The van der Waals surface area contributed by atoms with E-state index in [1.165, 1.54) is 49.7 Å². The van der Waals surface area contributed by atoms with Crippen molar-refractivity contribution in [3.05, 3.63) is 77.9 Å². The number of hydrogen-bond acceptors (Lipinski definition) is 7. The lowest BCUT2D eigenvalue weighted by Crippen LogP contribution is -2.18. The Morgan fingerprint density at radius 3 is 2.24 bits per heavy atom. The van der Waals surface area contributed by atoms with Gasteiger partial charge >= 0.3 is 0 Å². The lowest BCUT2D eigenvalue weighted by molar-refractivity contribution is 0.0955. The Kier molecular flexibility index (Phi) is 8.10. The molecule has 0 spiro atoms. The zero-order valence-corrected chi connectivity index (χ0v) is 19.8. The number of sulfonamides is 1. The maximum atomic E-state index is 12.6. The molecule has 1 amide bonds. The summed E-state index contributed by atoms with van der Waals surface area (Å²) in [5, 5.41) is 3.96. The highest BCUT2D eigenvalue weighted by molar-refractivity contribution is 7.92. The van der Waals surface area contributed by atoms with E-state index in [1.54, 1.807) is 37.4 Å². The topological polar surface area (TPSA) is 115 Å². The Morgan fingerprint density at radius 1 is 0.941 bits per heavy atom. The van der Waals surface area contributed by atoms with Crippen LogP contribution >= 0.6 is 0 Å². The second kappa shape index (κ2) is 11.2.